The van der Waals surface area contributed by atoms with Crippen LogP contribution in [-0.4, -0.2) is 5.78 Å². The maximum Gasteiger partial charge on any atom is 0.161 e. The smallest absolute Gasteiger partial charge is 0.161 e. The quantitative estimate of drug-likeness (QED) is 0.262. The normalized spacial score (nSPS) is 9.50. The van der Waals surface area contributed by atoms with E-state index in [4.69, 9.17) is 5.73 Å². The van der Waals surface area contributed by atoms with Gasteiger partial charge in [-0.05, 0) is 66.5 Å². The molecule has 0 radical (unpaired) electrons. The molecule has 0 aromatic heterocycles. The number of carbonyl (C=O) groups is 1. The van der Waals surface area contributed by atoms with Gasteiger partial charge in [0.05, 0.1) is 5.69 Å². The molecule has 0 bridgehead atoms. The average molecular weight is 467 g/mol. The van der Waals surface area contributed by atoms with Crippen LogP contribution in [0.25, 0.3) is 5.57 Å². The average Bonchev–Trinajstić information content (AvgIpc) is 2.56. The highest BCUT2D eigenvalue weighted by Crippen LogP contribution is 2.27. The van der Waals surface area contributed by atoms with E-state index in [-0.39, 0.29) is 22.9 Å². The summed E-state index contributed by atoms with van der Waals surface area (Å²) in [4.78, 5) is 11.2. The second-order valence-corrected chi connectivity index (χ2v) is 6.38. The first-order valence-electron chi connectivity index (χ1n) is 7.73. The largest absolute Gasteiger partial charge is 0.396 e. The van der Waals surface area contributed by atoms with Crippen LogP contribution in [0.15, 0.2) is 30.8 Å². The van der Waals surface area contributed by atoms with E-state index >= 15 is 0 Å². The fourth-order valence-electron chi connectivity index (χ4n) is 2.23. The Labute approximate surface area is 166 Å². The topological polar surface area (TPSA) is 43.1 Å². The van der Waals surface area contributed by atoms with Crippen LogP contribution in [0.1, 0.15) is 46.5 Å². The molecule has 2 nitrogen and oxygen atoms in total. The molecule has 2 N–H and O–H groups in total. The molecule has 26 heavy (non-hydrogen) atoms. The van der Waals surface area contributed by atoms with Gasteiger partial charge in [0.15, 0.2) is 5.78 Å². The van der Waals surface area contributed by atoms with Crippen LogP contribution < -0.4 is 5.73 Å². The molecule has 2 rings (SSSR count). The summed E-state index contributed by atoms with van der Waals surface area (Å²) >= 11 is 1.93. The van der Waals surface area contributed by atoms with Crippen LogP contribution >= 0.6 is 22.6 Å². The van der Waals surface area contributed by atoms with Gasteiger partial charge in [-0.15, -0.1) is 0 Å². The molecule has 0 aliphatic rings. The molecule has 5 heteroatoms. The molecule has 0 saturated carbocycles. The Balaban J connectivity index is 0.000000273. The van der Waals surface area contributed by atoms with E-state index in [1.807, 2.05) is 28.7 Å². The number of hydrogen-bond donors (Lipinski definition) is 1. The molecule has 0 saturated heterocycles. The lowest BCUT2D eigenvalue weighted by molar-refractivity contribution is 0.101. The Morgan fingerprint density at radius 3 is 2.23 bits per heavy atom. The molecule has 0 aliphatic carbocycles. The minimum absolute atomic E-state index is 0.0787. The van der Waals surface area contributed by atoms with Crippen LogP contribution in [-0.2, 0) is 0 Å². The van der Waals surface area contributed by atoms with Gasteiger partial charge in [0.1, 0.15) is 11.6 Å². The highest BCUT2D eigenvalue weighted by Gasteiger charge is 2.15. The molecular weight excluding hydrogens is 447 g/mol. The van der Waals surface area contributed by atoms with Crippen molar-refractivity contribution in [3.05, 3.63) is 70.3 Å². The lowest BCUT2D eigenvalue weighted by atomic mass is 9.96. The highest BCUT2D eigenvalue weighted by molar-refractivity contribution is 14.1. The number of ketones is 1. The molecule has 0 atom stereocenters. The third kappa shape index (κ3) is 5.40. The SMILES string of the molecule is C=C(C)c1cc(C(C)=O)c(N)c(F)c1C.Cc1ccc(C#CI)cc1F. The number of carbonyl (C=O) groups excluding carboxylic acids is 1. The second-order valence-electron chi connectivity index (χ2n) is 5.84. The van der Waals surface area contributed by atoms with E-state index in [2.05, 4.69) is 16.4 Å². The summed E-state index contributed by atoms with van der Waals surface area (Å²) in [6.45, 7) is 10.2. The van der Waals surface area contributed by atoms with Crippen LogP contribution in [0.5, 0.6) is 0 Å². The molecular formula is C21H20F2INO. The number of allylic oxidation sites excluding steroid dienone is 1. The van der Waals surface area contributed by atoms with Crippen LogP contribution in [0.4, 0.5) is 14.5 Å². The number of Topliss-reactive ketones (excluding diaryl/α,β-unsaturated/α-hetero) is 1. The van der Waals surface area contributed by atoms with Crippen LogP contribution in [0.3, 0.4) is 0 Å². The molecule has 0 amide bonds. The first-order valence-corrected chi connectivity index (χ1v) is 8.81. The number of benzene rings is 2. The van der Waals surface area contributed by atoms with Gasteiger partial charge in [-0.3, -0.25) is 4.79 Å². The minimum atomic E-state index is -0.527. The van der Waals surface area contributed by atoms with E-state index in [9.17, 15) is 13.6 Å². The second kappa shape index (κ2) is 9.48. The molecule has 0 fully saturated rings. The van der Waals surface area contributed by atoms with E-state index < -0.39 is 5.82 Å². The van der Waals surface area contributed by atoms with Crippen molar-refractivity contribution in [2.24, 2.45) is 0 Å². The maximum atomic E-state index is 13.7. The monoisotopic (exact) mass is 467 g/mol. The Morgan fingerprint density at radius 1 is 1.15 bits per heavy atom. The number of nitrogen functional groups attached to an aromatic ring is 1. The summed E-state index contributed by atoms with van der Waals surface area (Å²) in [5, 5.41) is 0. The third-order valence-corrected chi connectivity index (χ3v) is 4.02. The predicted molar refractivity (Wildman–Crippen MR) is 112 cm³/mol. The highest BCUT2D eigenvalue weighted by atomic mass is 127. The number of rotatable bonds is 2. The van der Waals surface area contributed by atoms with Crippen molar-refractivity contribution in [1.29, 1.82) is 0 Å². The lowest BCUT2D eigenvalue weighted by Crippen LogP contribution is -2.06. The summed E-state index contributed by atoms with van der Waals surface area (Å²) in [6, 6.07) is 6.58. The van der Waals surface area contributed by atoms with Gasteiger partial charge in [-0.1, -0.05) is 24.1 Å². The number of anilines is 1. The fraction of sp³-hybridized carbons (Fsp3) is 0.190. The summed E-state index contributed by atoms with van der Waals surface area (Å²) < 4.78 is 29.2. The molecule has 136 valence electrons. The number of halogens is 3. The Morgan fingerprint density at radius 2 is 1.77 bits per heavy atom. The van der Waals surface area contributed by atoms with Crippen molar-refractivity contribution in [3.63, 3.8) is 0 Å². The number of hydrogen-bond acceptors (Lipinski definition) is 2. The Hall–Kier alpha value is -2.20. The summed E-state index contributed by atoms with van der Waals surface area (Å²) in [6.07, 6.45) is 0. The van der Waals surface area contributed by atoms with Crippen molar-refractivity contribution < 1.29 is 13.6 Å². The first-order chi connectivity index (χ1) is 12.1. The van der Waals surface area contributed by atoms with Crippen molar-refractivity contribution in [3.8, 4) is 9.85 Å². The third-order valence-electron chi connectivity index (χ3n) is 3.75. The van der Waals surface area contributed by atoms with Crippen molar-refractivity contribution >= 4 is 39.6 Å². The van der Waals surface area contributed by atoms with E-state index in [0.29, 0.717) is 22.3 Å². The van der Waals surface area contributed by atoms with Gasteiger partial charge < -0.3 is 5.73 Å². The molecule has 0 spiro atoms. The van der Waals surface area contributed by atoms with Gasteiger partial charge in [0.25, 0.3) is 0 Å². The van der Waals surface area contributed by atoms with Crippen molar-refractivity contribution in [2.45, 2.75) is 27.7 Å². The predicted octanol–water partition coefficient (Wildman–Crippen LogP) is 5.83. The maximum absolute atomic E-state index is 13.7. The van der Waals surface area contributed by atoms with Crippen molar-refractivity contribution in [2.75, 3.05) is 5.73 Å². The zero-order chi connectivity index (χ0) is 20.0. The number of nitrogens with two attached hydrogens (primary N) is 1. The molecule has 2 aromatic carbocycles. The summed E-state index contributed by atoms with van der Waals surface area (Å²) in [5.74, 6) is 1.81. The first kappa shape index (κ1) is 21.8. The van der Waals surface area contributed by atoms with Gasteiger partial charge in [0.2, 0.25) is 0 Å². The zero-order valence-electron chi connectivity index (χ0n) is 15.1. The van der Waals surface area contributed by atoms with Gasteiger partial charge in [-0.2, -0.15) is 0 Å². The summed E-state index contributed by atoms with van der Waals surface area (Å²) in [7, 11) is 0. The van der Waals surface area contributed by atoms with E-state index in [1.165, 1.54) is 13.0 Å². The molecule has 2 aromatic rings. The zero-order valence-corrected chi connectivity index (χ0v) is 17.3. The summed E-state index contributed by atoms with van der Waals surface area (Å²) in [5.41, 5.74) is 8.85. The lowest BCUT2D eigenvalue weighted by Gasteiger charge is -2.11. The van der Waals surface area contributed by atoms with Crippen LogP contribution in [0, 0.1) is 35.3 Å². The van der Waals surface area contributed by atoms with Crippen LogP contribution in [0.2, 0.25) is 0 Å². The Bertz CT molecular complexity index is 886. The number of aryl methyl sites for hydroxylation is 1. The minimum Gasteiger partial charge on any atom is -0.396 e. The van der Waals surface area contributed by atoms with E-state index in [1.54, 1.807) is 32.9 Å². The Kier molecular flexibility index (Phi) is 7.97. The standard InChI is InChI=1S/C12H14FNO.C9H6FI/c1-6(2)9-5-10(8(4)15)12(14)11(13)7(9)3;1-7-2-3-8(4-5-11)6-9(7)10/h5H,1,14H2,2-4H3;2-3,6H,1H3. The van der Waals surface area contributed by atoms with Crippen molar-refractivity contribution in [1.82, 2.24) is 0 Å². The molecule has 0 unspecified atom stereocenters. The van der Waals surface area contributed by atoms with Gasteiger partial charge in [-0.25, -0.2) is 8.78 Å². The van der Waals surface area contributed by atoms with Gasteiger partial charge in [0, 0.05) is 33.7 Å². The van der Waals surface area contributed by atoms with Gasteiger partial charge >= 0.3 is 0 Å². The molecule has 0 heterocycles. The fourth-order valence-corrected chi connectivity index (χ4v) is 2.54. The molecule has 0 aliphatic heterocycles. The van der Waals surface area contributed by atoms with E-state index in [0.717, 1.165) is 5.56 Å².